The molecule has 4 aliphatic rings. The summed E-state index contributed by atoms with van der Waals surface area (Å²) in [6.07, 6.45) is 4.99. The van der Waals surface area contributed by atoms with E-state index in [0.29, 0.717) is 76.8 Å². The third kappa shape index (κ3) is 11.4. The number of urea groups is 1. The Balaban J connectivity index is 1.20. The fraction of sp³-hybridized carbons (Fsp3) is 0.639. The van der Waals surface area contributed by atoms with Crippen molar-refractivity contribution in [1.29, 1.82) is 0 Å². The van der Waals surface area contributed by atoms with Crippen LogP contribution in [-0.2, 0) is 20.8 Å². The summed E-state index contributed by atoms with van der Waals surface area (Å²) in [6, 6.07) is 7.83. The number of hydrogen-bond donors (Lipinski definition) is 5. The lowest BCUT2D eigenvalue weighted by Crippen LogP contribution is -2.52. The molecule has 14 heteroatoms. The van der Waals surface area contributed by atoms with Crippen molar-refractivity contribution in [3.63, 3.8) is 0 Å². The van der Waals surface area contributed by atoms with Crippen molar-refractivity contribution in [2.45, 2.75) is 120 Å². The van der Waals surface area contributed by atoms with Crippen LogP contribution >= 0.6 is 11.3 Å². The Hall–Kier alpha value is -3.65. The third-order valence-corrected chi connectivity index (χ3v) is 11.1. The van der Waals surface area contributed by atoms with Crippen LogP contribution in [-0.4, -0.2) is 83.9 Å². The number of piperidine rings is 1. The maximum Gasteiger partial charge on any atom is 0.319 e. The zero-order chi connectivity index (χ0) is 35.5. The van der Waals surface area contributed by atoms with Crippen LogP contribution in [0.25, 0.3) is 0 Å². The van der Waals surface area contributed by atoms with Gasteiger partial charge in [-0.2, -0.15) is 0 Å². The molecule has 2 atom stereocenters. The first-order valence-corrected chi connectivity index (χ1v) is 18.9. The molecule has 1 aliphatic carbocycles. The van der Waals surface area contributed by atoms with Gasteiger partial charge in [0.2, 0.25) is 23.6 Å². The number of nitrogens with zero attached hydrogens (tertiary/aromatic N) is 2. The van der Waals surface area contributed by atoms with Crippen molar-refractivity contribution in [1.82, 2.24) is 31.2 Å². The Morgan fingerprint density at radius 1 is 1.02 bits per heavy atom. The molecule has 6 rings (SSSR count). The number of carbonyl (C=O) groups is 4. The van der Waals surface area contributed by atoms with Crippen molar-refractivity contribution in [3.05, 3.63) is 45.9 Å². The Bertz CT molecular complexity index is 1440. The van der Waals surface area contributed by atoms with Crippen LogP contribution < -0.4 is 26.6 Å². The molecule has 4 bridgehead atoms. The van der Waals surface area contributed by atoms with E-state index in [4.69, 9.17) is 4.98 Å². The first-order chi connectivity index (χ1) is 24.0. The number of fused-ring (bicyclic) bond motifs is 13. The van der Waals surface area contributed by atoms with Crippen LogP contribution in [0, 0.1) is 6.92 Å². The number of unbranched alkanes of at least 4 members (excludes halogenated alkanes) is 1. The lowest BCUT2D eigenvalue weighted by atomic mass is 9.91. The average molecular weight is 716 g/mol. The van der Waals surface area contributed by atoms with Gasteiger partial charge >= 0.3 is 6.03 Å². The lowest BCUT2D eigenvalue weighted by molar-refractivity contribution is -0.135. The summed E-state index contributed by atoms with van der Waals surface area (Å²) >= 11 is 1.60. The second-order valence-electron chi connectivity index (χ2n) is 13.9. The highest BCUT2D eigenvalue weighted by molar-refractivity contribution is 7.11. The highest BCUT2D eigenvalue weighted by atomic mass is 32.1. The second-order valence-corrected chi connectivity index (χ2v) is 15.1. The van der Waals surface area contributed by atoms with E-state index in [1.807, 2.05) is 42.2 Å². The standard InChI is InChI=1S/C36H51F2N7O4S/c1-24-30-23-32(47)42-28(10-5-6-18-40-35(49)43-26-8-3-2-4-9-26)22-31(46)39-19-7-11-29(41-27-12-16-36(37,38)17-13-27)34(48)45-20-14-25(15-21-45)33(44-30)50-24/h2-4,8-9,25,27-29,41H,5-7,10-23H2,1H3,(H,39,46)(H,42,47)(H2,40,43,49)/t28-,29-/m0/s1. The Morgan fingerprint density at radius 2 is 1.76 bits per heavy atom. The molecular formula is C36H51F2N7O4S. The first-order valence-electron chi connectivity index (χ1n) is 18.1. The number of anilines is 1. The third-order valence-electron chi connectivity index (χ3n) is 9.93. The van der Waals surface area contributed by atoms with Crippen LogP contribution in [0.15, 0.2) is 30.3 Å². The molecule has 4 heterocycles. The second kappa shape index (κ2) is 18.0. The van der Waals surface area contributed by atoms with Crippen molar-refractivity contribution >= 4 is 40.8 Å². The van der Waals surface area contributed by atoms with Crippen LogP contribution in [0.4, 0.5) is 19.3 Å². The van der Waals surface area contributed by atoms with Gasteiger partial charge in [0.1, 0.15) is 0 Å². The summed E-state index contributed by atoms with van der Waals surface area (Å²) in [6.45, 7) is 3.95. The zero-order valence-electron chi connectivity index (χ0n) is 28.9. The number of rotatable bonds is 8. The number of benzene rings is 1. The Kier molecular flexibility index (Phi) is 13.6. The minimum atomic E-state index is -2.65. The smallest absolute Gasteiger partial charge is 0.319 e. The molecule has 274 valence electrons. The van der Waals surface area contributed by atoms with Crippen LogP contribution in [0.1, 0.15) is 98.5 Å². The number of para-hydroxylation sites is 1. The lowest BCUT2D eigenvalue weighted by Gasteiger charge is -2.36. The molecule has 1 aromatic heterocycles. The van der Waals surface area contributed by atoms with E-state index in [2.05, 4.69) is 26.6 Å². The van der Waals surface area contributed by atoms with E-state index < -0.39 is 18.0 Å². The van der Waals surface area contributed by atoms with Gasteiger partial charge < -0.3 is 31.5 Å². The number of carbonyl (C=O) groups excluding carboxylic acids is 4. The summed E-state index contributed by atoms with van der Waals surface area (Å²) in [4.78, 5) is 60.0. The van der Waals surface area contributed by atoms with Gasteiger partial charge in [-0.1, -0.05) is 18.2 Å². The molecule has 50 heavy (non-hydrogen) atoms. The van der Waals surface area contributed by atoms with Crippen LogP contribution in [0.3, 0.4) is 0 Å². The molecular weight excluding hydrogens is 665 g/mol. The number of aromatic nitrogens is 1. The summed E-state index contributed by atoms with van der Waals surface area (Å²) in [5.41, 5.74) is 1.44. The number of thiazole rings is 1. The first kappa shape index (κ1) is 37.6. The molecule has 2 aromatic rings. The monoisotopic (exact) mass is 715 g/mol. The van der Waals surface area contributed by atoms with Crippen LogP contribution in [0.5, 0.6) is 0 Å². The predicted molar refractivity (Wildman–Crippen MR) is 189 cm³/mol. The quantitative estimate of drug-likeness (QED) is 0.243. The summed E-state index contributed by atoms with van der Waals surface area (Å²) < 4.78 is 27.7. The molecule has 1 aromatic carbocycles. The highest BCUT2D eigenvalue weighted by Gasteiger charge is 2.37. The molecule has 1 saturated heterocycles. The number of halogens is 2. The summed E-state index contributed by atoms with van der Waals surface area (Å²) in [5, 5.41) is 16.0. The predicted octanol–water partition coefficient (Wildman–Crippen LogP) is 5.01. The minimum absolute atomic E-state index is 0.0112. The van der Waals surface area contributed by atoms with Gasteiger partial charge in [0.15, 0.2) is 0 Å². The normalized spacial score (nSPS) is 22.9. The molecule has 2 fully saturated rings. The summed E-state index contributed by atoms with van der Waals surface area (Å²) in [7, 11) is 0. The van der Waals surface area contributed by atoms with Crippen LogP contribution in [0.2, 0.25) is 0 Å². The van der Waals surface area contributed by atoms with Gasteiger partial charge in [-0.15, -0.1) is 11.3 Å². The topological polar surface area (TPSA) is 145 Å². The number of hydrogen-bond acceptors (Lipinski definition) is 7. The van der Waals surface area contributed by atoms with E-state index in [1.54, 1.807) is 11.3 Å². The zero-order valence-corrected chi connectivity index (χ0v) is 29.7. The number of amides is 5. The maximum absolute atomic E-state index is 13.8. The maximum atomic E-state index is 13.8. The van der Waals surface area contributed by atoms with Gasteiger partial charge in [0.05, 0.1) is 23.2 Å². The number of alkyl halides is 2. The summed E-state index contributed by atoms with van der Waals surface area (Å²) in [5.74, 6) is -2.84. The Morgan fingerprint density at radius 3 is 2.50 bits per heavy atom. The molecule has 11 nitrogen and oxygen atoms in total. The highest BCUT2D eigenvalue weighted by Crippen LogP contribution is 2.35. The molecule has 5 N–H and O–H groups in total. The molecule has 1 saturated carbocycles. The van der Waals surface area contributed by atoms with Crippen molar-refractivity contribution in [2.24, 2.45) is 0 Å². The van der Waals surface area contributed by atoms with Crippen molar-refractivity contribution < 1.29 is 28.0 Å². The SMILES string of the molecule is Cc1sc2nc1CC(=O)N[C@@H](CCCCNC(=O)Nc1ccccc1)CC(=O)NCCC[C@H](NC1CCC(F)(F)CC1)C(=O)N1CCC2CC1. The minimum Gasteiger partial charge on any atom is -0.356 e. The van der Waals surface area contributed by atoms with Gasteiger partial charge in [-0.05, 0) is 76.8 Å². The van der Waals surface area contributed by atoms with Gasteiger partial charge in [0, 0.05) is 74.0 Å². The molecule has 5 amide bonds. The van der Waals surface area contributed by atoms with E-state index in [1.165, 1.54) is 0 Å². The van der Waals surface area contributed by atoms with Gasteiger partial charge in [0.25, 0.3) is 0 Å². The fourth-order valence-electron chi connectivity index (χ4n) is 7.03. The molecule has 0 radical (unpaired) electrons. The van der Waals surface area contributed by atoms with Gasteiger partial charge in [-0.3, -0.25) is 14.4 Å². The number of aryl methyl sites for hydroxylation is 1. The fourth-order valence-corrected chi connectivity index (χ4v) is 8.13. The molecule has 0 spiro atoms. The van der Waals surface area contributed by atoms with E-state index in [0.717, 1.165) is 28.4 Å². The number of nitrogens with one attached hydrogen (secondary N) is 5. The Labute approximate surface area is 297 Å². The van der Waals surface area contributed by atoms with Gasteiger partial charge in [-0.25, -0.2) is 18.6 Å². The average Bonchev–Trinajstić information content (AvgIpc) is 3.45. The van der Waals surface area contributed by atoms with Crippen molar-refractivity contribution in [2.75, 3.05) is 31.5 Å². The molecule has 3 aliphatic heterocycles. The van der Waals surface area contributed by atoms with E-state index >= 15 is 0 Å². The largest absolute Gasteiger partial charge is 0.356 e. The van der Waals surface area contributed by atoms with E-state index in [9.17, 15) is 28.0 Å². The molecule has 0 unspecified atom stereocenters. The van der Waals surface area contributed by atoms with Crippen molar-refractivity contribution in [3.8, 4) is 0 Å². The van der Waals surface area contributed by atoms with E-state index in [-0.39, 0.29) is 61.4 Å².